The number of nitrogens with one attached hydrogen (secondary N) is 1. The van der Waals surface area contributed by atoms with E-state index in [1.165, 1.54) is 14.2 Å². The second kappa shape index (κ2) is 7.17. The number of hydrogen-bond donors (Lipinski definition) is 1. The molecule has 1 aromatic carbocycles. The summed E-state index contributed by atoms with van der Waals surface area (Å²) in [7, 11) is 3.06. The van der Waals surface area contributed by atoms with Crippen molar-refractivity contribution in [3.05, 3.63) is 41.7 Å². The van der Waals surface area contributed by atoms with Crippen LogP contribution in [0.25, 0.3) is 0 Å². The molecule has 0 saturated carbocycles. The van der Waals surface area contributed by atoms with Crippen LogP contribution in [0.5, 0.6) is 11.5 Å². The highest BCUT2D eigenvalue weighted by Crippen LogP contribution is 2.28. The minimum atomic E-state index is -0.246. The summed E-state index contributed by atoms with van der Waals surface area (Å²) in [5, 5.41) is 7.26. The lowest BCUT2D eigenvalue weighted by Gasteiger charge is -2.16. The molecule has 6 nitrogen and oxygen atoms in total. The van der Waals surface area contributed by atoms with E-state index in [0.717, 1.165) is 5.56 Å². The Bertz CT molecular complexity index is 657. The summed E-state index contributed by atoms with van der Waals surface area (Å²) < 4.78 is 12.4. The molecule has 1 amide bonds. The van der Waals surface area contributed by atoms with Gasteiger partial charge in [0.15, 0.2) is 0 Å². The zero-order valence-electron chi connectivity index (χ0n) is 14.2. The number of benzene rings is 1. The van der Waals surface area contributed by atoms with Crippen LogP contribution < -0.4 is 14.8 Å². The van der Waals surface area contributed by atoms with E-state index in [-0.39, 0.29) is 18.0 Å². The van der Waals surface area contributed by atoms with Crippen molar-refractivity contribution >= 4 is 5.91 Å². The van der Waals surface area contributed by atoms with Crippen LogP contribution >= 0.6 is 0 Å². The van der Waals surface area contributed by atoms with Gasteiger partial charge in [-0.3, -0.25) is 9.48 Å². The summed E-state index contributed by atoms with van der Waals surface area (Å²) >= 11 is 0. The molecular formula is C17H23N3O3. The molecule has 1 heterocycles. The van der Waals surface area contributed by atoms with Gasteiger partial charge in [0, 0.05) is 17.8 Å². The van der Waals surface area contributed by atoms with Gasteiger partial charge in [-0.25, -0.2) is 0 Å². The summed E-state index contributed by atoms with van der Waals surface area (Å²) in [4.78, 5) is 12.6. The monoisotopic (exact) mass is 317 g/mol. The normalized spacial score (nSPS) is 12.1. The number of nitrogens with zero attached hydrogens (tertiary/aromatic N) is 2. The Kier molecular flexibility index (Phi) is 5.26. The fraction of sp³-hybridized carbons (Fsp3) is 0.412. The Labute approximate surface area is 136 Å². The Morgan fingerprint density at radius 1 is 1.17 bits per heavy atom. The molecule has 0 aliphatic rings. The first-order valence-electron chi connectivity index (χ1n) is 7.53. The average Bonchev–Trinajstić information content (AvgIpc) is 3.04. The van der Waals surface area contributed by atoms with Gasteiger partial charge in [-0.1, -0.05) is 6.07 Å². The molecule has 0 saturated heterocycles. The topological polar surface area (TPSA) is 65.4 Å². The molecule has 0 spiro atoms. The second-order valence-corrected chi connectivity index (χ2v) is 5.58. The molecule has 2 rings (SSSR count). The van der Waals surface area contributed by atoms with Crippen molar-refractivity contribution in [1.29, 1.82) is 0 Å². The lowest BCUT2D eigenvalue weighted by molar-refractivity contribution is 0.0933. The molecule has 6 heteroatoms. The van der Waals surface area contributed by atoms with E-state index in [4.69, 9.17) is 9.47 Å². The molecular weight excluding hydrogens is 294 g/mol. The lowest BCUT2D eigenvalue weighted by Crippen LogP contribution is -2.27. The predicted octanol–water partition coefficient (Wildman–Crippen LogP) is 2.97. The largest absolute Gasteiger partial charge is 0.496 e. The molecule has 2 aromatic rings. The van der Waals surface area contributed by atoms with Crippen LogP contribution in [0.15, 0.2) is 30.6 Å². The molecule has 124 valence electrons. The predicted molar refractivity (Wildman–Crippen MR) is 88.0 cm³/mol. The van der Waals surface area contributed by atoms with Gasteiger partial charge in [-0.05, 0) is 32.9 Å². The van der Waals surface area contributed by atoms with Crippen LogP contribution in [0, 0.1) is 0 Å². The maximum absolute atomic E-state index is 12.6. The molecule has 0 aliphatic carbocycles. The third-order valence-corrected chi connectivity index (χ3v) is 3.65. The number of amides is 1. The third-order valence-electron chi connectivity index (χ3n) is 3.65. The summed E-state index contributed by atoms with van der Waals surface area (Å²) in [5.74, 6) is 0.711. The van der Waals surface area contributed by atoms with Gasteiger partial charge in [0.05, 0.1) is 26.5 Å². The second-order valence-electron chi connectivity index (χ2n) is 5.58. The van der Waals surface area contributed by atoms with Crippen LogP contribution in [0.2, 0.25) is 0 Å². The minimum Gasteiger partial charge on any atom is -0.496 e. The van der Waals surface area contributed by atoms with E-state index in [9.17, 15) is 4.79 Å². The van der Waals surface area contributed by atoms with Gasteiger partial charge < -0.3 is 14.8 Å². The van der Waals surface area contributed by atoms with E-state index >= 15 is 0 Å². The lowest BCUT2D eigenvalue weighted by atomic mass is 10.1. The molecule has 23 heavy (non-hydrogen) atoms. The maximum Gasteiger partial charge on any atom is 0.259 e. The number of aromatic nitrogens is 2. The standard InChI is InChI=1S/C17H23N3O3/c1-11(2)20-10-13(9-18-20)12(3)19-17(21)16-14(22-4)7-6-8-15(16)23-5/h6-12H,1-5H3,(H,19,21). The fourth-order valence-corrected chi connectivity index (χ4v) is 2.29. The number of carbonyl (C=O) groups is 1. The first-order valence-corrected chi connectivity index (χ1v) is 7.53. The number of ether oxygens (including phenoxy) is 2. The zero-order chi connectivity index (χ0) is 17.0. The number of methoxy groups -OCH3 is 2. The highest BCUT2D eigenvalue weighted by atomic mass is 16.5. The maximum atomic E-state index is 12.6. The average molecular weight is 317 g/mol. The van der Waals surface area contributed by atoms with Gasteiger partial charge in [0.1, 0.15) is 17.1 Å². The smallest absolute Gasteiger partial charge is 0.259 e. The Morgan fingerprint density at radius 2 is 1.78 bits per heavy atom. The highest BCUT2D eigenvalue weighted by Gasteiger charge is 2.20. The van der Waals surface area contributed by atoms with Crippen molar-refractivity contribution in [1.82, 2.24) is 15.1 Å². The van der Waals surface area contributed by atoms with Gasteiger partial charge in [-0.15, -0.1) is 0 Å². The quantitative estimate of drug-likeness (QED) is 0.889. The summed E-state index contributed by atoms with van der Waals surface area (Å²) in [6.45, 7) is 6.03. The number of carbonyl (C=O) groups excluding carboxylic acids is 1. The Hall–Kier alpha value is -2.50. The fourth-order valence-electron chi connectivity index (χ4n) is 2.29. The van der Waals surface area contributed by atoms with Gasteiger partial charge >= 0.3 is 0 Å². The highest BCUT2D eigenvalue weighted by molar-refractivity contribution is 5.99. The van der Waals surface area contributed by atoms with Gasteiger partial charge in [0.25, 0.3) is 5.91 Å². The van der Waals surface area contributed by atoms with Crippen molar-refractivity contribution in [3.8, 4) is 11.5 Å². The van der Waals surface area contributed by atoms with E-state index in [1.54, 1.807) is 24.4 Å². The zero-order valence-corrected chi connectivity index (χ0v) is 14.2. The molecule has 1 unspecified atom stereocenters. The van der Waals surface area contributed by atoms with Crippen molar-refractivity contribution in [3.63, 3.8) is 0 Å². The summed E-state index contributed by atoms with van der Waals surface area (Å²) in [6.07, 6.45) is 3.71. The molecule has 1 N–H and O–H groups in total. The molecule has 0 radical (unpaired) electrons. The molecule has 1 aromatic heterocycles. The van der Waals surface area contributed by atoms with Crippen LogP contribution in [-0.2, 0) is 0 Å². The van der Waals surface area contributed by atoms with Crippen LogP contribution in [0.3, 0.4) is 0 Å². The van der Waals surface area contributed by atoms with Gasteiger partial charge in [-0.2, -0.15) is 5.10 Å². The van der Waals surface area contributed by atoms with Crippen molar-refractivity contribution in [2.45, 2.75) is 32.9 Å². The van der Waals surface area contributed by atoms with Gasteiger partial charge in [0.2, 0.25) is 0 Å². The minimum absolute atomic E-state index is 0.176. The number of rotatable bonds is 6. The Morgan fingerprint density at radius 3 is 2.26 bits per heavy atom. The molecule has 0 aliphatic heterocycles. The van der Waals surface area contributed by atoms with E-state index < -0.39 is 0 Å². The molecule has 0 bridgehead atoms. The molecule has 1 atom stereocenters. The Balaban J connectivity index is 2.21. The van der Waals surface area contributed by atoms with Crippen molar-refractivity contribution < 1.29 is 14.3 Å². The molecule has 0 fully saturated rings. The third kappa shape index (κ3) is 3.64. The summed E-state index contributed by atoms with van der Waals surface area (Å²) in [5.41, 5.74) is 1.33. The van der Waals surface area contributed by atoms with Crippen LogP contribution in [0.1, 0.15) is 48.8 Å². The van der Waals surface area contributed by atoms with Crippen LogP contribution in [0.4, 0.5) is 0 Å². The van der Waals surface area contributed by atoms with E-state index in [2.05, 4.69) is 24.3 Å². The SMILES string of the molecule is COc1cccc(OC)c1C(=O)NC(C)c1cnn(C(C)C)c1. The number of hydrogen-bond acceptors (Lipinski definition) is 4. The first kappa shape index (κ1) is 16.9. The van der Waals surface area contributed by atoms with Crippen molar-refractivity contribution in [2.24, 2.45) is 0 Å². The van der Waals surface area contributed by atoms with E-state index in [0.29, 0.717) is 17.1 Å². The first-order chi connectivity index (χ1) is 11.0. The van der Waals surface area contributed by atoms with Crippen LogP contribution in [-0.4, -0.2) is 29.9 Å². The summed E-state index contributed by atoms with van der Waals surface area (Å²) in [6, 6.07) is 5.35. The van der Waals surface area contributed by atoms with Crippen molar-refractivity contribution in [2.75, 3.05) is 14.2 Å². The van der Waals surface area contributed by atoms with E-state index in [1.807, 2.05) is 17.8 Å².